The predicted octanol–water partition coefficient (Wildman–Crippen LogP) is 4.06. The summed E-state index contributed by atoms with van der Waals surface area (Å²) in [6, 6.07) is 0.379. The zero-order valence-corrected chi connectivity index (χ0v) is 13.3. The Kier molecular flexibility index (Phi) is 3.39. The van der Waals surface area contributed by atoms with E-state index in [0.29, 0.717) is 17.4 Å². The Balaban J connectivity index is 1.43. The number of carbonyl (C=O) groups is 1. The fourth-order valence-corrected chi connectivity index (χ4v) is 6.22. The monoisotopic (exact) mass is 287 g/mol. The maximum atomic E-state index is 12.6. The Morgan fingerprint density at radius 1 is 1.10 bits per heavy atom. The van der Waals surface area contributed by atoms with Gasteiger partial charge in [-0.15, -0.1) is 0 Å². The fraction of sp³-hybridized carbons (Fsp3) is 0.842. The van der Waals surface area contributed by atoms with Crippen LogP contribution >= 0.6 is 0 Å². The summed E-state index contributed by atoms with van der Waals surface area (Å²) in [4.78, 5) is 12.6. The van der Waals surface area contributed by atoms with Crippen molar-refractivity contribution in [1.29, 1.82) is 0 Å². The number of nitrogens with one attached hydrogen (secondary N) is 1. The third kappa shape index (κ3) is 2.45. The molecule has 1 N–H and O–H groups in total. The summed E-state index contributed by atoms with van der Waals surface area (Å²) in [7, 11) is 0. The third-order valence-corrected chi connectivity index (χ3v) is 7.00. The highest BCUT2D eigenvalue weighted by Gasteiger charge is 2.53. The molecule has 2 unspecified atom stereocenters. The molecule has 4 fully saturated rings. The Labute approximate surface area is 128 Å². The van der Waals surface area contributed by atoms with Crippen LogP contribution in [0, 0.1) is 29.1 Å². The van der Waals surface area contributed by atoms with Crippen molar-refractivity contribution in [3.05, 3.63) is 12.2 Å². The second-order valence-corrected chi connectivity index (χ2v) is 8.49. The largest absolute Gasteiger partial charge is 0.353 e. The van der Waals surface area contributed by atoms with E-state index in [2.05, 4.69) is 24.4 Å². The molecule has 5 aliphatic rings. The van der Waals surface area contributed by atoms with Crippen molar-refractivity contribution >= 4 is 5.91 Å². The average Bonchev–Trinajstić information content (AvgIpc) is 2.46. The van der Waals surface area contributed by atoms with Crippen LogP contribution in [0.5, 0.6) is 0 Å². The molecule has 2 atom stereocenters. The van der Waals surface area contributed by atoms with Gasteiger partial charge in [0.15, 0.2) is 0 Å². The first-order valence-electron chi connectivity index (χ1n) is 9.10. The molecule has 5 aliphatic carbocycles. The van der Waals surface area contributed by atoms with Gasteiger partial charge in [-0.25, -0.2) is 0 Å². The van der Waals surface area contributed by atoms with Crippen LogP contribution in [0.2, 0.25) is 0 Å². The van der Waals surface area contributed by atoms with Crippen molar-refractivity contribution < 1.29 is 4.79 Å². The minimum absolute atomic E-state index is 0.228. The molecule has 0 radical (unpaired) electrons. The van der Waals surface area contributed by atoms with Crippen molar-refractivity contribution in [2.24, 2.45) is 29.1 Å². The molecule has 2 heteroatoms. The normalized spacial score (nSPS) is 45.6. The van der Waals surface area contributed by atoms with Crippen LogP contribution in [0.1, 0.15) is 64.7 Å². The fourth-order valence-electron chi connectivity index (χ4n) is 6.22. The van der Waals surface area contributed by atoms with Crippen molar-refractivity contribution in [1.82, 2.24) is 5.32 Å². The number of carbonyl (C=O) groups excluding carboxylic acids is 1. The molecule has 2 nitrogen and oxygen atoms in total. The van der Waals surface area contributed by atoms with Crippen LogP contribution in [-0.4, -0.2) is 11.9 Å². The van der Waals surface area contributed by atoms with Gasteiger partial charge in [0.1, 0.15) is 0 Å². The lowest BCUT2D eigenvalue weighted by Crippen LogP contribution is -2.56. The van der Waals surface area contributed by atoms with Crippen LogP contribution in [0.4, 0.5) is 0 Å². The lowest BCUT2D eigenvalue weighted by atomic mass is 9.48. The summed E-state index contributed by atoms with van der Waals surface area (Å²) in [5.41, 5.74) is 0.439. The van der Waals surface area contributed by atoms with Crippen molar-refractivity contribution in [3.8, 4) is 0 Å². The summed E-state index contributed by atoms with van der Waals surface area (Å²) in [5.74, 6) is 3.45. The molecule has 4 saturated carbocycles. The van der Waals surface area contributed by atoms with Crippen LogP contribution in [0.3, 0.4) is 0 Å². The Morgan fingerprint density at radius 2 is 1.71 bits per heavy atom. The molecule has 0 aliphatic heterocycles. The third-order valence-electron chi connectivity index (χ3n) is 7.00. The van der Waals surface area contributed by atoms with E-state index in [1.54, 1.807) is 0 Å². The molecular weight excluding hydrogens is 258 g/mol. The van der Waals surface area contributed by atoms with E-state index in [1.165, 1.54) is 38.5 Å². The molecule has 0 spiro atoms. The molecule has 0 aromatic rings. The summed E-state index contributed by atoms with van der Waals surface area (Å²) in [6.45, 7) is 2.30. The van der Waals surface area contributed by atoms with Gasteiger partial charge in [0.05, 0.1) is 0 Å². The maximum absolute atomic E-state index is 12.6. The molecular formula is C19H29NO. The molecule has 0 aromatic carbocycles. The molecule has 1 amide bonds. The van der Waals surface area contributed by atoms with Crippen LogP contribution in [0.25, 0.3) is 0 Å². The number of hydrogen-bond acceptors (Lipinski definition) is 1. The van der Waals surface area contributed by atoms with Gasteiger partial charge in [-0.2, -0.15) is 0 Å². The first kappa shape index (κ1) is 13.8. The summed E-state index contributed by atoms with van der Waals surface area (Å²) >= 11 is 0. The van der Waals surface area contributed by atoms with E-state index >= 15 is 0 Å². The first-order chi connectivity index (χ1) is 10.1. The van der Waals surface area contributed by atoms with Crippen molar-refractivity contribution in [2.75, 3.05) is 0 Å². The minimum Gasteiger partial charge on any atom is -0.353 e. The molecule has 0 saturated heterocycles. The Morgan fingerprint density at radius 3 is 2.24 bits per heavy atom. The van der Waals surface area contributed by atoms with E-state index in [1.807, 2.05) is 0 Å². The first-order valence-corrected chi connectivity index (χ1v) is 9.10. The predicted molar refractivity (Wildman–Crippen MR) is 84.7 cm³/mol. The van der Waals surface area contributed by atoms with Gasteiger partial charge in [0, 0.05) is 12.0 Å². The molecule has 0 aromatic heterocycles. The lowest BCUT2D eigenvalue weighted by molar-refractivity contribution is -0.129. The Hall–Kier alpha value is -0.790. The van der Waals surface area contributed by atoms with Crippen molar-refractivity contribution in [2.45, 2.75) is 70.8 Å². The van der Waals surface area contributed by atoms with Gasteiger partial charge in [0.2, 0.25) is 5.91 Å². The molecule has 5 rings (SSSR count). The topological polar surface area (TPSA) is 29.1 Å². The SMILES string of the molecule is CC(NC(=O)C1CC=CCC1)C12CC3CC(CC(C3)C1)C2. The summed E-state index contributed by atoms with van der Waals surface area (Å²) < 4.78 is 0. The summed E-state index contributed by atoms with van der Waals surface area (Å²) in [5, 5.41) is 3.43. The summed E-state index contributed by atoms with van der Waals surface area (Å²) in [6.07, 6.45) is 16.0. The van der Waals surface area contributed by atoms with E-state index < -0.39 is 0 Å². The van der Waals surface area contributed by atoms with Gasteiger partial charge in [-0.05, 0) is 87.9 Å². The number of hydrogen-bond donors (Lipinski definition) is 1. The standard InChI is InChI=1S/C19H29NO/c1-13(20-18(21)17-5-3-2-4-6-17)19-10-14-7-15(11-19)9-16(8-14)12-19/h2-3,13-17H,4-12H2,1H3,(H,20,21). The quantitative estimate of drug-likeness (QED) is 0.779. The minimum atomic E-state index is 0.228. The van der Waals surface area contributed by atoms with Gasteiger partial charge in [-0.3, -0.25) is 4.79 Å². The highest BCUT2D eigenvalue weighted by atomic mass is 16.1. The van der Waals surface area contributed by atoms with Gasteiger partial charge < -0.3 is 5.32 Å². The lowest BCUT2D eigenvalue weighted by Gasteiger charge is -2.59. The average molecular weight is 287 g/mol. The van der Waals surface area contributed by atoms with E-state index in [9.17, 15) is 4.79 Å². The van der Waals surface area contributed by atoms with Crippen molar-refractivity contribution in [3.63, 3.8) is 0 Å². The second-order valence-electron chi connectivity index (χ2n) is 8.49. The number of allylic oxidation sites excluding steroid dienone is 2. The van der Waals surface area contributed by atoms with E-state index in [0.717, 1.165) is 37.0 Å². The highest BCUT2D eigenvalue weighted by Crippen LogP contribution is 2.61. The van der Waals surface area contributed by atoms with Gasteiger partial charge in [-0.1, -0.05) is 12.2 Å². The molecule has 0 heterocycles. The van der Waals surface area contributed by atoms with E-state index in [4.69, 9.17) is 0 Å². The van der Waals surface area contributed by atoms with Crippen LogP contribution in [0.15, 0.2) is 12.2 Å². The smallest absolute Gasteiger partial charge is 0.223 e. The van der Waals surface area contributed by atoms with E-state index in [-0.39, 0.29) is 5.92 Å². The Bertz CT molecular complexity index is 417. The molecule has 21 heavy (non-hydrogen) atoms. The maximum Gasteiger partial charge on any atom is 0.223 e. The zero-order valence-electron chi connectivity index (χ0n) is 13.3. The van der Waals surface area contributed by atoms with Crippen LogP contribution in [-0.2, 0) is 4.79 Å². The van der Waals surface area contributed by atoms with Crippen LogP contribution < -0.4 is 5.32 Å². The number of amides is 1. The molecule has 4 bridgehead atoms. The van der Waals surface area contributed by atoms with Gasteiger partial charge >= 0.3 is 0 Å². The number of rotatable bonds is 3. The molecule has 116 valence electrons. The van der Waals surface area contributed by atoms with Gasteiger partial charge in [0.25, 0.3) is 0 Å². The zero-order chi connectivity index (χ0) is 14.4. The highest BCUT2D eigenvalue weighted by molar-refractivity contribution is 5.79. The second kappa shape index (κ2) is 5.14.